The molecule has 0 aromatic carbocycles. The molecule has 0 spiro atoms. The highest BCUT2D eigenvalue weighted by molar-refractivity contribution is 8.00. The average Bonchev–Trinajstić information content (AvgIpc) is 2.53. The normalized spacial score (nSPS) is 24.8. The Kier molecular flexibility index (Phi) is 4.27. The molecule has 0 aliphatic carbocycles. The van der Waals surface area contributed by atoms with Crippen LogP contribution in [0.4, 0.5) is 0 Å². The molecular weight excluding hydrogens is 186 g/mol. The van der Waals surface area contributed by atoms with E-state index < -0.39 is 0 Å². The Bertz CT molecular complexity index is 130. The number of hydrogen-bond donors (Lipinski definition) is 1. The molecule has 1 unspecified atom stereocenters. The van der Waals surface area contributed by atoms with Crippen LogP contribution in [0.15, 0.2) is 0 Å². The lowest BCUT2D eigenvalue weighted by molar-refractivity contribution is 0.513. The maximum absolute atomic E-state index is 3.63. The van der Waals surface area contributed by atoms with Gasteiger partial charge in [-0.1, -0.05) is 0 Å². The summed E-state index contributed by atoms with van der Waals surface area (Å²) in [6.07, 6.45) is 3.54. The lowest BCUT2D eigenvalue weighted by Crippen LogP contribution is -2.38. The maximum atomic E-state index is 3.63. The minimum absolute atomic E-state index is 0.396. The van der Waals surface area contributed by atoms with Crippen LogP contribution in [-0.2, 0) is 0 Å². The molecule has 12 heavy (non-hydrogen) atoms. The molecule has 0 aromatic rings. The number of thioether (sulfide) groups is 2. The lowest BCUT2D eigenvalue weighted by atomic mass is 10.2. The molecule has 1 heterocycles. The summed E-state index contributed by atoms with van der Waals surface area (Å²) in [6, 6.07) is 0.779. The second-order valence-corrected chi connectivity index (χ2v) is 6.57. The van der Waals surface area contributed by atoms with Crippen molar-refractivity contribution in [3.63, 3.8) is 0 Å². The molecule has 1 aliphatic heterocycles. The molecular formula is C9H19NS2. The Hall–Kier alpha value is 0.660. The molecule has 0 saturated carbocycles. The van der Waals surface area contributed by atoms with Crippen molar-refractivity contribution in [2.75, 3.05) is 24.3 Å². The summed E-state index contributed by atoms with van der Waals surface area (Å²) in [5, 5.41) is 3.63. The van der Waals surface area contributed by atoms with E-state index in [9.17, 15) is 0 Å². The zero-order valence-electron chi connectivity index (χ0n) is 8.22. The van der Waals surface area contributed by atoms with Gasteiger partial charge in [-0.2, -0.15) is 23.5 Å². The Balaban J connectivity index is 2.15. The van der Waals surface area contributed by atoms with E-state index in [0.717, 1.165) is 12.6 Å². The SMILES string of the molecule is CSC(C)(C)CNC1CCSC1. The third-order valence-electron chi connectivity index (χ3n) is 2.30. The van der Waals surface area contributed by atoms with Gasteiger partial charge in [0.15, 0.2) is 0 Å². The molecule has 0 bridgehead atoms. The summed E-state index contributed by atoms with van der Waals surface area (Å²) >= 11 is 4.01. The highest BCUT2D eigenvalue weighted by Gasteiger charge is 2.20. The fourth-order valence-corrected chi connectivity index (χ4v) is 2.57. The first-order valence-electron chi connectivity index (χ1n) is 4.50. The topological polar surface area (TPSA) is 12.0 Å². The first-order chi connectivity index (χ1) is 5.64. The van der Waals surface area contributed by atoms with E-state index in [1.165, 1.54) is 17.9 Å². The van der Waals surface area contributed by atoms with Gasteiger partial charge in [-0.25, -0.2) is 0 Å². The Morgan fingerprint density at radius 2 is 2.33 bits per heavy atom. The van der Waals surface area contributed by atoms with Crippen molar-refractivity contribution in [3.05, 3.63) is 0 Å². The Morgan fingerprint density at radius 3 is 2.83 bits per heavy atom. The van der Waals surface area contributed by atoms with Gasteiger partial charge in [-0.3, -0.25) is 0 Å². The first kappa shape index (κ1) is 10.7. The van der Waals surface area contributed by atoms with Crippen molar-refractivity contribution >= 4 is 23.5 Å². The molecule has 1 nitrogen and oxygen atoms in total. The minimum Gasteiger partial charge on any atom is -0.312 e. The van der Waals surface area contributed by atoms with Gasteiger partial charge in [0.1, 0.15) is 0 Å². The van der Waals surface area contributed by atoms with E-state index in [1.54, 1.807) is 0 Å². The van der Waals surface area contributed by atoms with Gasteiger partial charge in [0.25, 0.3) is 0 Å². The second kappa shape index (κ2) is 4.77. The molecule has 1 aliphatic rings. The van der Waals surface area contributed by atoms with Gasteiger partial charge >= 0.3 is 0 Å². The lowest BCUT2D eigenvalue weighted by Gasteiger charge is -2.24. The first-order valence-corrected chi connectivity index (χ1v) is 6.88. The molecule has 1 fully saturated rings. The fraction of sp³-hybridized carbons (Fsp3) is 1.00. The predicted octanol–water partition coefficient (Wildman–Crippen LogP) is 2.22. The monoisotopic (exact) mass is 205 g/mol. The Labute approximate surface area is 84.4 Å². The van der Waals surface area contributed by atoms with E-state index in [1.807, 2.05) is 11.8 Å². The molecule has 1 rings (SSSR count). The van der Waals surface area contributed by atoms with Crippen LogP contribution in [0.25, 0.3) is 0 Å². The van der Waals surface area contributed by atoms with E-state index in [-0.39, 0.29) is 0 Å². The maximum Gasteiger partial charge on any atom is 0.0225 e. The van der Waals surface area contributed by atoms with Crippen molar-refractivity contribution in [2.24, 2.45) is 0 Å². The number of rotatable bonds is 4. The standard InChI is InChI=1S/C9H19NS2/c1-9(2,11-3)7-10-8-4-5-12-6-8/h8,10H,4-7H2,1-3H3. The van der Waals surface area contributed by atoms with Gasteiger partial charge in [-0.05, 0) is 32.3 Å². The molecule has 72 valence electrons. The second-order valence-electron chi connectivity index (χ2n) is 3.91. The van der Waals surface area contributed by atoms with Crippen molar-refractivity contribution in [3.8, 4) is 0 Å². The fourth-order valence-electron chi connectivity index (χ4n) is 1.16. The molecule has 1 atom stereocenters. The summed E-state index contributed by atoms with van der Waals surface area (Å²) < 4.78 is 0.396. The zero-order valence-corrected chi connectivity index (χ0v) is 9.86. The number of hydrogen-bond acceptors (Lipinski definition) is 3. The van der Waals surface area contributed by atoms with Crippen LogP contribution in [0.3, 0.4) is 0 Å². The molecule has 0 aromatic heterocycles. The summed E-state index contributed by atoms with van der Waals surface area (Å²) in [7, 11) is 0. The minimum atomic E-state index is 0.396. The van der Waals surface area contributed by atoms with Crippen LogP contribution in [-0.4, -0.2) is 35.1 Å². The largest absolute Gasteiger partial charge is 0.312 e. The van der Waals surface area contributed by atoms with Crippen molar-refractivity contribution in [1.82, 2.24) is 5.32 Å². The van der Waals surface area contributed by atoms with Crippen molar-refractivity contribution in [2.45, 2.75) is 31.1 Å². The average molecular weight is 205 g/mol. The Morgan fingerprint density at radius 1 is 1.58 bits per heavy atom. The van der Waals surface area contributed by atoms with Crippen LogP contribution in [0.2, 0.25) is 0 Å². The third kappa shape index (κ3) is 3.58. The van der Waals surface area contributed by atoms with E-state index in [2.05, 4.69) is 37.2 Å². The van der Waals surface area contributed by atoms with Crippen LogP contribution < -0.4 is 5.32 Å². The molecule has 0 radical (unpaired) electrons. The highest BCUT2D eigenvalue weighted by Crippen LogP contribution is 2.22. The van der Waals surface area contributed by atoms with Crippen molar-refractivity contribution in [1.29, 1.82) is 0 Å². The summed E-state index contributed by atoms with van der Waals surface area (Å²) in [4.78, 5) is 0. The van der Waals surface area contributed by atoms with Gasteiger partial charge in [0, 0.05) is 23.1 Å². The van der Waals surface area contributed by atoms with Crippen LogP contribution in [0.5, 0.6) is 0 Å². The van der Waals surface area contributed by atoms with Gasteiger partial charge < -0.3 is 5.32 Å². The summed E-state index contributed by atoms with van der Waals surface area (Å²) in [5.41, 5.74) is 0. The molecule has 1 N–H and O–H groups in total. The molecule has 3 heteroatoms. The zero-order chi connectivity index (χ0) is 9.03. The molecule has 0 amide bonds. The van der Waals surface area contributed by atoms with E-state index in [0.29, 0.717) is 4.75 Å². The molecule has 1 saturated heterocycles. The smallest absolute Gasteiger partial charge is 0.0225 e. The van der Waals surface area contributed by atoms with Crippen molar-refractivity contribution < 1.29 is 0 Å². The van der Waals surface area contributed by atoms with Crippen LogP contribution in [0.1, 0.15) is 20.3 Å². The summed E-state index contributed by atoms with van der Waals surface area (Å²) in [5.74, 6) is 2.65. The van der Waals surface area contributed by atoms with Gasteiger partial charge in [0.05, 0.1) is 0 Å². The van der Waals surface area contributed by atoms with E-state index in [4.69, 9.17) is 0 Å². The highest BCUT2D eigenvalue weighted by atomic mass is 32.2. The quantitative estimate of drug-likeness (QED) is 0.756. The summed E-state index contributed by atoms with van der Waals surface area (Å²) in [6.45, 7) is 5.74. The van der Waals surface area contributed by atoms with E-state index >= 15 is 0 Å². The van der Waals surface area contributed by atoms with Gasteiger partial charge in [0.2, 0.25) is 0 Å². The van der Waals surface area contributed by atoms with Gasteiger partial charge in [-0.15, -0.1) is 0 Å². The van der Waals surface area contributed by atoms with Crippen LogP contribution in [0, 0.1) is 0 Å². The van der Waals surface area contributed by atoms with Crippen LogP contribution >= 0.6 is 23.5 Å². The predicted molar refractivity (Wildman–Crippen MR) is 61.3 cm³/mol. The third-order valence-corrected chi connectivity index (χ3v) is 4.71. The number of nitrogens with one attached hydrogen (secondary N) is 1.